The van der Waals surface area contributed by atoms with Crippen molar-refractivity contribution in [1.82, 2.24) is 0 Å². The van der Waals surface area contributed by atoms with E-state index in [9.17, 15) is 28.6 Å². The van der Waals surface area contributed by atoms with E-state index in [1.165, 1.54) is 21.0 Å². The molecule has 1 amide bonds. The van der Waals surface area contributed by atoms with Crippen molar-refractivity contribution in [3.8, 4) is 5.75 Å². The van der Waals surface area contributed by atoms with Gasteiger partial charge in [-0.3, -0.25) is 4.90 Å². The summed E-state index contributed by atoms with van der Waals surface area (Å²) in [6, 6.07) is 26.0. The third kappa shape index (κ3) is 17.9. The number of amides is 1. The number of hydrogen-bond acceptors (Lipinski definition) is 19. The van der Waals surface area contributed by atoms with Crippen LogP contribution in [-0.2, 0) is 93.8 Å². The van der Waals surface area contributed by atoms with E-state index < -0.39 is 109 Å². The molecule has 0 bridgehead atoms. The van der Waals surface area contributed by atoms with E-state index in [4.69, 9.17) is 61.6 Å². The molecule has 3 aromatic rings. The average molecular weight is 1220 g/mol. The molecule has 0 N–H and O–H groups in total. The zero-order valence-corrected chi connectivity index (χ0v) is 52.8. The fraction of sp³-hybridized carbons (Fsp3) is 0.627. The predicted molar refractivity (Wildman–Crippen MR) is 323 cm³/mol. The molecule has 7 rings (SSSR count). The first-order valence-electron chi connectivity index (χ1n) is 29.5. The third-order valence-electron chi connectivity index (χ3n) is 16.2. The van der Waals surface area contributed by atoms with E-state index in [0.29, 0.717) is 24.7 Å². The fourth-order valence-electron chi connectivity index (χ4n) is 11.6. The molecule has 26 heteroatoms. The van der Waals surface area contributed by atoms with E-state index in [1.807, 2.05) is 88.4 Å². The predicted octanol–water partition coefficient (Wildman–Crippen LogP) is 7.41. The number of hydrogen-bond donors (Lipinski definition) is 0. The number of esters is 3. The van der Waals surface area contributed by atoms with Crippen molar-refractivity contribution in [3.63, 3.8) is 0 Å². The number of benzene rings is 3. The van der Waals surface area contributed by atoms with Crippen LogP contribution >= 0.6 is 16.9 Å². The molecule has 4 heterocycles. The molecule has 3 aromatic carbocycles. The molecular weight excluding hydrogens is 1130 g/mol. The standard InChI is InChI=1S/C59H83B4NO19P2/c1-12-34(3)46-52(84-62-60-69)37(6)48(76-38(7)65)54(79-46)81-50-51(77-39(8)66)55(80-47(35(4)13-2)53(50)85-63-61-70)78-45-36(5)30-59(56(67)71-11,83-49(45)44-33-75-58(9,10)82-44)74-29-28-72-43-26-24-42(25-27-43)64(31-40-20-16-14-17-21-40)57(68)73-32-41-22-18-15-19-23-41/h14-27,34-37,44-55,62-63,84-85H,12-13,28-33H2,1-11H3/t34-,35-,36+,37?,44+,45+,46-,47?,48?,49?,50+,51?,52-,53+,54+,55-,59+/m0/s1. The minimum atomic E-state index is -2.01. The number of rotatable bonds is 28. The van der Waals surface area contributed by atoms with Gasteiger partial charge < -0.3 is 14.2 Å². The van der Waals surface area contributed by atoms with Crippen molar-refractivity contribution in [3.05, 3.63) is 96.1 Å². The van der Waals surface area contributed by atoms with Crippen molar-refractivity contribution >= 4 is 74.5 Å². The number of methoxy groups -OCH3 is 1. The maximum atomic E-state index is 14.2. The summed E-state index contributed by atoms with van der Waals surface area (Å²) in [6.45, 7) is 18.8. The minimum absolute atomic E-state index is 0.0164. The van der Waals surface area contributed by atoms with Crippen LogP contribution < -0.4 is 9.64 Å². The molecule has 0 radical (unpaired) electrons. The van der Waals surface area contributed by atoms with E-state index in [1.54, 1.807) is 43.0 Å². The van der Waals surface area contributed by atoms with E-state index in [0.717, 1.165) is 31.6 Å². The molecule has 7 unspecified atom stereocenters. The number of ether oxygens (including phenoxy) is 13. The van der Waals surface area contributed by atoms with Gasteiger partial charge in [0.05, 0.1) is 20.3 Å². The number of carbonyl (C=O) groups is 4. The fourth-order valence-corrected chi connectivity index (χ4v) is 14.6. The van der Waals surface area contributed by atoms with Gasteiger partial charge in [0.1, 0.15) is 19.0 Å². The Balaban J connectivity index is 1.15. The molecule has 0 spiro atoms. The molecule has 4 saturated heterocycles. The van der Waals surface area contributed by atoms with Crippen molar-refractivity contribution < 1.29 is 90.2 Å². The van der Waals surface area contributed by atoms with E-state index >= 15 is 0 Å². The van der Waals surface area contributed by atoms with Crippen LogP contribution in [0.5, 0.6) is 5.75 Å². The van der Waals surface area contributed by atoms with Crippen LogP contribution in [0.3, 0.4) is 0 Å². The first kappa shape index (κ1) is 68.0. The molecule has 0 saturated carbocycles. The Kier molecular flexibility index (Phi) is 25.7. The Hall–Kier alpha value is -4.46. The zero-order valence-electron chi connectivity index (χ0n) is 50.8. The number of nitrogens with zero attached hydrogens (tertiary/aromatic N) is 1. The zero-order chi connectivity index (χ0) is 61.4. The van der Waals surface area contributed by atoms with Crippen LogP contribution in [0.15, 0.2) is 84.9 Å². The summed E-state index contributed by atoms with van der Waals surface area (Å²) in [5.74, 6) is -5.69. The van der Waals surface area contributed by atoms with Crippen molar-refractivity contribution in [2.75, 3.05) is 31.8 Å². The Morgan fingerprint density at radius 3 is 1.86 bits per heavy atom. The summed E-state index contributed by atoms with van der Waals surface area (Å²) in [4.78, 5) is 55.7. The summed E-state index contributed by atoms with van der Waals surface area (Å²) < 4.78 is 108. The van der Waals surface area contributed by atoms with Crippen molar-refractivity contribution in [2.45, 2.75) is 186 Å². The summed E-state index contributed by atoms with van der Waals surface area (Å²) >= 11 is 0. The molecule has 19 atom stereocenters. The Morgan fingerprint density at radius 1 is 0.729 bits per heavy atom. The summed E-state index contributed by atoms with van der Waals surface area (Å²) in [5.41, 5.74) is 1.65. The van der Waals surface area contributed by atoms with Gasteiger partial charge in [-0.2, -0.15) is 0 Å². The summed E-state index contributed by atoms with van der Waals surface area (Å²) in [7, 11) is 3.08. The van der Waals surface area contributed by atoms with Crippen LogP contribution in [0.25, 0.3) is 0 Å². The van der Waals surface area contributed by atoms with Gasteiger partial charge in [0.15, 0.2) is 0 Å². The van der Waals surface area contributed by atoms with Gasteiger partial charge >= 0.3 is 324 Å². The van der Waals surface area contributed by atoms with Gasteiger partial charge in [-0.15, -0.1) is 0 Å². The first-order valence-corrected chi connectivity index (χ1v) is 32.1. The summed E-state index contributed by atoms with van der Waals surface area (Å²) in [6.07, 6.45) is -8.94. The van der Waals surface area contributed by atoms with Gasteiger partial charge in [-0.25, -0.2) is 9.59 Å². The molecule has 0 aromatic heterocycles. The van der Waals surface area contributed by atoms with Gasteiger partial charge in [0.25, 0.3) is 0 Å². The van der Waals surface area contributed by atoms with Crippen molar-refractivity contribution in [1.29, 1.82) is 0 Å². The molecule has 4 aliphatic rings. The van der Waals surface area contributed by atoms with E-state index in [-0.39, 0.29) is 86.6 Å². The van der Waals surface area contributed by atoms with Crippen molar-refractivity contribution in [2.24, 2.45) is 23.7 Å². The topological polar surface area (TPSA) is 226 Å². The molecular formula is C59H83B4NO19P2. The van der Waals surface area contributed by atoms with Gasteiger partial charge in [-0.1, -0.05) is 60.7 Å². The number of anilines is 1. The Labute approximate surface area is 505 Å². The van der Waals surface area contributed by atoms with Crippen LogP contribution in [0.1, 0.15) is 99.6 Å². The normalized spacial score (nSPS) is 30.8. The summed E-state index contributed by atoms with van der Waals surface area (Å²) in [5, 5.41) is 0. The molecule has 460 valence electrons. The SMILES string of the molecule is CC[C@H](C)C1O[C@H](O[C@H]2C([C@H]3COC(C)(C)O3)O[C@@](OCCOc3ccc(N(Cc4ccccc4)C(=O)OCc4ccccc4)cc3)(C(=O)OC)C[C@H]2C)C(OC(C)=O)[C@@H](O[C@H]2O[C@@H]([C@@H](C)CC)[C@@H](PBB=O)C(C)C2OC(C)=O)[C@@H]1PBB=O. The van der Waals surface area contributed by atoms with E-state index in [2.05, 4.69) is 13.8 Å². The molecule has 85 heavy (non-hydrogen) atoms. The number of carbonyl (C=O) groups excluding carboxylic acids is 4. The molecule has 20 nitrogen and oxygen atoms in total. The first-order chi connectivity index (χ1) is 40.7. The molecule has 4 aliphatic heterocycles. The van der Waals surface area contributed by atoms with Gasteiger partial charge in [0.2, 0.25) is 0 Å². The Morgan fingerprint density at radius 2 is 1.29 bits per heavy atom. The van der Waals surface area contributed by atoms with Gasteiger partial charge in [-0.05, 0) is 49.2 Å². The second-order valence-electron chi connectivity index (χ2n) is 22.8. The van der Waals surface area contributed by atoms with Crippen LogP contribution in [0.2, 0.25) is 0 Å². The van der Waals surface area contributed by atoms with Crippen LogP contribution in [0, 0.1) is 23.7 Å². The molecule has 0 aliphatic carbocycles. The average Bonchev–Trinajstić information content (AvgIpc) is 4.03. The molecule has 4 fully saturated rings. The van der Waals surface area contributed by atoms with Gasteiger partial charge in [0, 0.05) is 5.69 Å². The van der Waals surface area contributed by atoms with Crippen LogP contribution in [-0.4, -0.2) is 163 Å². The monoisotopic (exact) mass is 1220 g/mol. The second-order valence-corrected chi connectivity index (χ2v) is 25.8. The second kappa shape index (κ2) is 32.1. The van der Waals surface area contributed by atoms with Crippen LogP contribution in [0.4, 0.5) is 10.5 Å². The Bertz CT molecular complexity index is 2640. The quantitative estimate of drug-likeness (QED) is 0.0227. The third-order valence-corrected chi connectivity index (χ3v) is 19.5. The maximum absolute atomic E-state index is 14.2.